The molecule has 18 heavy (non-hydrogen) atoms. The molecule has 0 radical (unpaired) electrons. The van der Waals surface area contributed by atoms with Gasteiger partial charge in [-0.3, -0.25) is 0 Å². The Hall–Kier alpha value is -1.88. The Morgan fingerprint density at radius 2 is 2.06 bits per heavy atom. The standard InChI is InChI=1S/C13H17N3O2/c1-2-3-12-15-13(18-16-12)9-17-11-6-4-10(8-14)5-7-11/h4-7H,2-3,8-9,14H2,1H3. The average Bonchev–Trinajstić information content (AvgIpc) is 2.85. The first-order valence-electron chi connectivity index (χ1n) is 6.05. The lowest BCUT2D eigenvalue weighted by Crippen LogP contribution is -1.98. The van der Waals surface area contributed by atoms with Gasteiger partial charge in [0.05, 0.1) is 0 Å². The first-order valence-corrected chi connectivity index (χ1v) is 6.05. The monoisotopic (exact) mass is 247 g/mol. The third-order valence-corrected chi connectivity index (χ3v) is 2.51. The summed E-state index contributed by atoms with van der Waals surface area (Å²) >= 11 is 0. The molecular formula is C13H17N3O2. The highest BCUT2D eigenvalue weighted by atomic mass is 16.5. The molecule has 5 nitrogen and oxygen atoms in total. The summed E-state index contributed by atoms with van der Waals surface area (Å²) in [4.78, 5) is 4.23. The van der Waals surface area contributed by atoms with Gasteiger partial charge in [-0.05, 0) is 24.1 Å². The third-order valence-electron chi connectivity index (χ3n) is 2.51. The van der Waals surface area contributed by atoms with Crippen LogP contribution < -0.4 is 10.5 Å². The number of aromatic nitrogens is 2. The zero-order chi connectivity index (χ0) is 12.8. The number of nitrogens with zero attached hydrogens (tertiary/aromatic N) is 2. The molecule has 0 fully saturated rings. The van der Waals surface area contributed by atoms with Crippen LogP contribution in [0.3, 0.4) is 0 Å². The molecule has 0 aliphatic carbocycles. The predicted molar refractivity (Wildman–Crippen MR) is 67.0 cm³/mol. The number of rotatable bonds is 6. The molecule has 0 saturated carbocycles. The Morgan fingerprint density at radius 1 is 1.28 bits per heavy atom. The molecule has 1 aromatic heterocycles. The number of hydrogen-bond acceptors (Lipinski definition) is 5. The fraction of sp³-hybridized carbons (Fsp3) is 0.385. The SMILES string of the molecule is CCCc1noc(COc2ccc(CN)cc2)n1. The minimum Gasteiger partial charge on any atom is -0.484 e. The number of benzene rings is 1. The molecule has 5 heteroatoms. The molecule has 0 unspecified atom stereocenters. The molecule has 2 rings (SSSR count). The van der Waals surface area contributed by atoms with E-state index in [1.807, 2.05) is 24.3 Å². The Labute approximate surface area is 106 Å². The summed E-state index contributed by atoms with van der Waals surface area (Å²) in [5.74, 6) is 2.00. The third kappa shape index (κ3) is 3.30. The minimum atomic E-state index is 0.290. The maximum Gasteiger partial charge on any atom is 0.264 e. The van der Waals surface area contributed by atoms with Crippen LogP contribution in [-0.2, 0) is 19.6 Å². The van der Waals surface area contributed by atoms with Gasteiger partial charge < -0.3 is 15.0 Å². The first-order chi connectivity index (χ1) is 8.81. The second-order valence-electron chi connectivity index (χ2n) is 3.99. The van der Waals surface area contributed by atoms with Crippen LogP contribution in [0.4, 0.5) is 0 Å². The summed E-state index contributed by atoms with van der Waals surface area (Å²) in [6, 6.07) is 7.63. The molecule has 0 atom stereocenters. The second-order valence-corrected chi connectivity index (χ2v) is 3.99. The smallest absolute Gasteiger partial charge is 0.264 e. The Morgan fingerprint density at radius 3 is 2.72 bits per heavy atom. The maximum absolute atomic E-state index is 5.55. The van der Waals surface area contributed by atoms with Gasteiger partial charge in [-0.2, -0.15) is 4.98 Å². The van der Waals surface area contributed by atoms with Gasteiger partial charge >= 0.3 is 0 Å². The predicted octanol–water partition coefficient (Wildman–Crippen LogP) is 2.06. The summed E-state index contributed by atoms with van der Waals surface area (Å²) in [7, 11) is 0. The molecular weight excluding hydrogens is 230 g/mol. The summed E-state index contributed by atoms with van der Waals surface area (Å²) < 4.78 is 10.6. The normalized spacial score (nSPS) is 10.6. The highest BCUT2D eigenvalue weighted by molar-refractivity contribution is 5.27. The summed E-state index contributed by atoms with van der Waals surface area (Å²) in [6.07, 6.45) is 1.83. The number of nitrogens with two attached hydrogens (primary N) is 1. The van der Waals surface area contributed by atoms with Crippen molar-refractivity contribution in [3.8, 4) is 5.75 Å². The van der Waals surface area contributed by atoms with Crippen LogP contribution in [0.5, 0.6) is 5.75 Å². The lowest BCUT2D eigenvalue weighted by atomic mass is 10.2. The van der Waals surface area contributed by atoms with Crippen molar-refractivity contribution in [1.82, 2.24) is 10.1 Å². The van der Waals surface area contributed by atoms with E-state index in [-0.39, 0.29) is 0 Å². The Bertz CT molecular complexity index is 479. The molecule has 0 amide bonds. The molecule has 0 spiro atoms. The van der Waals surface area contributed by atoms with Crippen LogP contribution in [0.1, 0.15) is 30.6 Å². The average molecular weight is 247 g/mol. The van der Waals surface area contributed by atoms with Crippen molar-refractivity contribution >= 4 is 0 Å². The molecule has 96 valence electrons. The van der Waals surface area contributed by atoms with Crippen molar-refractivity contribution in [2.75, 3.05) is 0 Å². The van der Waals surface area contributed by atoms with Gasteiger partial charge in [0, 0.05) is 13.0 Å². The van der Waals surface area contributed by atoms with Gasteiger partial charge in [-0.15, -0.1) is 0 Å². The highest BCUT2D eigenvalue weighted by Gasteiger charge is 2.06. The molecule has 0 aliphatic heterocycles. The zero-order valence-electron chi connectivity index (χ0n) is 10.4. The van der Waals surface area contributed by atoms with Gasteiger partial charge in [-0.1, -0.05) is 24.2 Å². The van der Waals surface area contributed by atoms with Crippen LogP contribution in [0.25, 0.3) is 0 Å². The Balaban J connectivity index is 1.89. The zero-order valence-corrected chi connectivity index (χ0v) is 10.4. The van der Waals surface area contributed by atoms with Crippen molar-refractivity contribution in [2.45, 2.75) is 32.9 Å². The quantitative estimate of drug-likeness (QED) is 0.845. The molecule has 1 heterocycles. The van der Waals surface area contributed by atoms with Crippen LogP contribution in [0.2, 0.25) is 0 Å². The van der Waals surface area contributed by atoms with Crippen LogP contribution >= 0.6 is 0 Å². The minimum absolute atomic E-state index is 0.290. The lowest BCUT2D eigenvalue weighted by Gasteiger charge is -2.03. The van der Waals surface area contributed by atoms with Crippen molar-refractivity contribution in [3.05, 3.63) is 41.5 Å². The van der Waals surface area contributed by atoms with E-state index in [2.05, 4.69) is 17.1 Å². The van der Waals surface area contributed by atoms with E-state index in [1.165, 1.54) is 0 Å². The topological polar surface area (TPSA) is 74.2 Å². The molecule has 0 saturated heterocycles. The van der Waals surface area contributed by atoms with Gasteiger partial charge in [0.25, 0.3) is 5.89 Å². The summed E-state index contributed by atoms with van der Waals surface area (Å²) in [6.45, 7) is 2.90. The molecule has 2 aromatic rings. The molecule has 0 aliphatic rings. The number of ether oxygens (including phenoxy) is 1. The molecule has 1 aromatic carbocycles. The van der Waals surface area contributed by atoms with Crippen molar-refractivity contribution in [3.63, 3.8) is 0 Å². The maximum atomic E-state index is 5.55. The first kappa shape index (κ1) is 12.6. The van der Waals surface area contributed by atoms with E-state index in [4.69, 9.17) is 15.0 Å². The second kappa shape index (κ2) is 6.16. The van der Waals surface area contributed by atoms with E-state index < -0.39 is 0 Å². The van der Waals surface area contributed by atoms with Crippen molar-refractivity contribution in [1.29, 1.82) is 0 Å². The highest BCUT2D eigenvalue weighted by Crippen LogP contribution is 2.13. The molecule has 0 bridgehead atoms. The van der Waals surface area contributed by atoms with Crippen LogP contribution in [0.15, 0.2) is 28.8 Å². The van der Waals surface area contributed by atoms with E-state index >= 15 is 0 Å². The van der Waals surface area contributed by atoms with Crippen molar-refractivity contribution in [2.24, 2.45) is 5.73 Å². The van der Waals surface area contributed by atoms with E-state index in [1.54, 1.807) is 0 Å². The summed E-state index contributed by atoms with van der Waals surface area (Å²) in [5.41, 5.74) is 6.60. The van der Waals surface area contributed by atoms with E-state index in [0.717, 1.165) is 30.0 Å². The van der Waals surface area contributed by atoms with E-state index in [0.29, 0.717) is 19.0 Å². The lowest BCUT2D eigenvalue weighted by molar-refractivity contribution is 0.242. The van der Waals surface area contributed by atoms with Crippen LogP contribution in [-0.4, -0.2) is 10.1 Å². The molecule has 2 N–H and O–H groups in total. The Kier molecular flexibility index (Phi) is 4.30. The number of aryl methyl sites for hydroxylation is 1. The van der Waals surface area contributed by atoms with Crippen molar-refractivity contribution < 1.29 is 9.26 Å². The van der Waals surface area contributed by atoms with Gasteiger partial charge in [0.1, 0.15) is 5.75 Å². The van der Waals surface area contributed by atoms with Crippen LogP contribution in [0, 0.1) is 0 Å². The summed E-state index contributed by atoms with van der Waals surface area (Å²) in [5, 5.41) is 3.86. The van der Waals surface area contributed by atoms with E-state index in [9.17, 15) is 0 Å². The van der Waals surface area contributed by atoms with Gasteiger partial charge in [0.2, 0.25) is 0 Å². The largest absolute Gasteiger partial charge is 0.484 e. The fourth-order valence-corrected chi connectivity index (χ4v) is 1.54. The number of hydrogen-bond donors (Lipinski definition) is 1. The fourth-order valence-electron chi connectivity index (χ4n) is 1.54. The van der Waals surface area contributed by atoms with Gasteiger partial charge in [-0.25, -0.2) is 0 Å². The van der Waals surface area contributed by atoms with Gasteiger partial charge in [0.15, 0.2) is 12.4 Å².